The first-order chi connectivity index (χ1) is 9.95. The molecular formula is C16H33O4S-. The van der Waals surface area contributed by atoms with E-state index in [4.69, 9.17) is 0 Å². The molecule has 0 bridgehead atoms. The van der Waals surface area contributed by atoms with Crippen LogP contribution >= 0.6 is 0 Å². The van der Waals surface area contributed by atoms with Crippen molar-refractivity contribution < 1.29 is 17.2 Å². The second kappa shape index (κ2) is 13.5. The highest BCUT2D eigenvalue weighted by Crippen LogP contribution is 2.15. The first-order valence-electron chi connectivity index (χ1n) is 8.56. The molecule has 0 saturated carbocycles. The van der Waals surface area contributed by atoms with E-state index in [0.717, 1.165) is 18.8 Å². The average molecular weight is 322 g/mol. The molecule has 0 fully saturated rings. The molecule has 0 aliphatic carbocycles. The van der Waals surface area contributed by atoms with Crippen molar-refractivity contribution in [2.45, 2.75) is 90.9 Å². The Morgan fingerprint density at radius 3 is 1.71 bits per heavy atom. The fourth-order valence-electron chi connectivity index (χ4n) is 2.37. The predicted octanol–water partition coefficient (Wildman–Crippen LogP) is 4.80. The van der Waals surface area contributed by atoms with Gasteiger partial charge in [0.25, 0.3) is 0 Å². The van der Waals surface area contributed by atoms with E-state index >= 15 is 0 Å². The summed E-state index contributed by atoms with van der Waals surface area (Å²) in [5.41, 5.74) is 0. The summed E-state index contributed by atoms with van der Waals surface area (Å²) in [4.78, 5) is 0. The van der Waals surface area contributed by atoms with Crippen molar-refractivity contribution in [2.24, 2.45) is 5.92 Å². The number of hydrogen-bond donors (Lipinski definition) is 0. The Hall–Kier alpha value is -0.130. The molecule has 4 nitrogen and oxygen atoms in total. The van der Waals surface area contributed by atoms with E-state index in [1.54, 1.807) is 0 Å². The first-order valence-corrected chi connectivity index (χ1v) is 9.89. The van der Waals surface area contributed by atoms with Crippen molar-refractivity contribution in [3.05, 3.63) is 0 Å². The van der Waals surface area contributed by atoms with Gasteiger partial charge in [0.2, 0.25) is 10.4 Å². The summed E-state index contributed by atoms with van der Waals surface area (Å²) >= 11 is 0. The van der Waals surface area contributed by atoms with Gasteiger partial charge in [-0.3, -0.25) is 4.18 Å². The normalized spacial score (nSPS) is 13.5. The highest BCUT2D eigenvalue weighted by molar-refractivity contribution is 7.80. The smallest absolute Gasteiger partial charge is 0.217 e. The average Bonchev–Trinajstić information content (AvgIpc) is 2.42. The summed E-state index contributed by atoms with van der Waals surface area (Å²) in [6.07, 6.45) is 14.5. The van der Waals surface area contributed by atoms with Crippen LogP contribution in [0.4, 0.5) is 0 Å². The van der Waals surface area contributed by atoms with Gasteiger partial charge in [-0.25, -0.2) is 8.42 Å². The van der Waals surface area contributed by atoms with Crippen LogP contribution in [0.3, 0.4) is 0 Å². The zero-order chi connectivity index (χ0) is 16.0. The fraction of sp³-hybridized carbons (Fsp3) is 1.00. The number of rotatable bonds is 15. The fourth-order valence-corrected chi connectivity index (χ4v) is 2.70. The lowest BCUT2D eigenvalue weighted by Gasteiger charge is -2.08. The van der Waals surface area contributed by atoms with Crippen LogP contribution < -0.4 is 0 Å². The molecular weight excluding hydrogens is 288 g/mol. The Balaban J connectivity index is 3.09. The molecule has 0 spiro atoms. The van der Waals surface area contributed by atoms with E-state index in [1.807, 2.05) is 0 Å². The predicted molar refractivity (Wildman–Crippen MR) is 85.9 cm³/mol. The van der Waals surface area contributed by atoms with E-state index in [-0.39, 0.29) is 6.61 Å². The maximum Gasteiger partial charge on any atom is 0.217 e. The van der Waals surface area contributed by atoms with Crippen molar-refractivity contribution >= 4 is 10.4 Å². The maximum absolute atomic E-state index is 10.2. The molecule has 0 aromatic rings. The summed E-state index contributed by atoms with van der Waals surface area (Å²) in [6, 6.07) is 0. The van der Waals surface area contributed by atoms with Crippen molar-refractivity contribution in [2.75, 3.05) is 6.61 Å². The van der Waals surface area contributed by atoms with Crippen LogP contribution in [-0.4, -0.2) is 19.6 Å². The molecule has 0 N–H and O–H groups in total. The van der Waals surface area contributed by atoms with Crippen molar-refractivity contribution in [1.82, 2.24) is 0 Å². The van der Waals surface area contributed by atoms with Crippen LogP contribution in [0.2, 0.25) is 0 Å². The molecule has 0 rings (SSSR count). The third-order valence-corrected chi connectivity index (χ3v) is 4.47. The second-order valence-electron chi connectivity index (χ2n) is 6.07. The van der Waals surface area contributed by atoms with Crippen LogP contribution in [0.15, 0.2) is 0 Å². The van der Waals surface area contributed by atoms with Crippen molar-refractivity contribution in [3.63, 3.8) is 0 Å². The topological polar surface area (TPSA) is 66.4 Å². The Labute approximate surface area is 131 Å². The molecule has 21 heavy (non-hydrogen) atoms. The molecule has 128 valence electrons. The van der Waals surface area contributed by atoms with Crippen LogP contribution in [0.5, 0.6) is 0 Å². The van der Waals surface area contributed by atoms with Gasteiger partial charge in [0.05, 0.1) is 6.61 Å². The van der Waals surface area contributed by atoms with Crippen LogP contribution in [0.1, 0.15) is 90.9 Å². The number of unbranched alkanes of at least 4 members (excludes halogenated alkanes) is 9. The molecule has 0 aromatic carbocycles. The third-order valence-electron chi connectivity index (χ3n) is 4.02. The molecule has 0 aliphatic rings. The van der Waals surface area contributed by atoms with E-state index in [9.17, 15) is 13.0 Å². The summed E-state index contributed by atoms with van der Waals surface area (Å²) < 4.78 is 34.7. The Bertz CT molecular complexity index is 314. The Morgan fingerprint density at radius 1 is 0.857 bits per heavy atom. The lowest BCUT2D eigenvalue weighted by Crippen LogP contribution is -2.05. The quantitative estimate of drug-likeness (QED) is 0.247. The van der Waals surface area contributed by atoms with Gasteiger partial charge in [-0.1, -0.05) is 84.5 Å². The van der Waals surface area contributed by atoms with Crippen LogP contribution in [0, 0.1) is 5.92 Å². The molecule has 0 aromatic heterocycles. The number of hydrogen-bond acceptors (Lipinski definition) is 4. The van der Waals surface area contributed by atoms with Gasteiger partial charge in [-0.15, -0.1) is 0 Å². The molecule has 0 amide bonds. The Morgan fingerprint density at radius 2 is 1.29 bits per heavy atom. The highest BCUT2D eigenvalue weighted by Gasteiger charge is 1.98. The van der Waals surface area contributed by atoms with Gasteiger partial charge in [-0.05, 0) is 12.3 Å². The summed E-state index contributed by atoms with van der Waals surface area (Å²) in [6.45, 7) is 4.62. The van der Waals surface area contributed by atoms with Gasteiger partial charge >= 0.3 is 0 Å². The molecule has 0 aliphatic heterocycles. The van der Waals surface area contributed by atoms with Crippen molar-refractivity contribution in [1.29, 1.82) is 0 Å². The Kier molecular flexibility index (Phi) is 13.4. The van der Waals surface area contributed by atoms with Gasteiger partial charge in [-0.2, -0.15) is 0 Å². The van der Waals surface area contributed by atoms with E-state index in [0.29, 0.717) is 6.42 Å². The second-order valence-corrected chi connectivity index (χ2v) is 7.12. The molecule has 1 atom stereocenters. The molecule has 5 heteroatoms. The maximum atomic E-state index is 10.2. The molecule has 0 radical (unpaired) electrons. The standard InChI is InChI=1S/C16H34O4S/c1-3-16(2)14-12-10-8-6-4-5-7-9-11-13-15-20-21(17,18)19/h16H,3-15H2,1-2H3,(H,17,18,19)/p-1. The zero-order valence-corrected chi connectivity index (χ0v) is 14.6. The van der Waals surface area contributed by atoms with E-state index in [1.165, 1.54) is 57.8 Å². The van der Waals surface area contributed by atoms with Gasteiger partial charge in [0.1, 0.15) is 0 Å². The lowest BCUT2D eigenvalue weighted by molar-refractivity contribution is 0.255. The van der Waals surface area contributed by atoms with Crippen molar-refractivity contribution in [3.8, 4) is 0 Å². The lowest BCUT2D eigenvalue weighted by atomic mass is 9.99. The first kappa shape index (κ1) is 20.9. The zero-order valence-electron chi connectivity index (χ0n) is 13.8. The SMILES string of the molecule is CCC(C)CCCCCCCCCCCCOS(=O)(=O)[O-]. The highest BCUT2D eigenvalue weighted by atomic mass is 32.3. The van der Waals surface area contributed by atoms with Gasteiger partial charge in [0.15, 0.2) is 0 Å². The van der Waals surface area contributed by atoms with E-state index in [2.05, 4.69) is 18.0 Å². The molecule has 1 unspecified atom stereocenters. The monoisotopic (exact) mass is 321 g/mol. The molecule has 0 heterocycles. The minimum absolute atomic E-state index is 0.0298. The largest absolute Gasteiger partial charge is 0.726 e. The summed E-state index contributed by atoms with van der Waals surface area (Å²) in [5, 5.41) is 0. The summed E-state index contributed by atoms with van der Waals surface area (Å²) in [7, 11) is -4.49. The van der Waals surface area contributed by atoms with Gasteiger partial charge < -0.3 is 4.55 Å². The minimum atomic E-state index is -4.49. The van der Waals surface area contributed by atoms with Crippen LogP contribution in [0.25, 0.3) is 0 Å². The van der Waals surface area contributed by atoms with Gasteiger partial charge in [0, 0.05) is 0 Å². The third kappa shape index (κ3) is 17.8. The summed E-state index contributed by atoms with van der Waals surface area (Å²) in [5.74, 6) is 0.880. The van der Waals surface area contributed by atoms with E-state index < -0.39 is 10.4 Å². The minimum Gasteiger partial charge on any atom is -0.726 e. The molecule has 0 saturated heterocycles. The van der Waals surface area contributed by atoms with Crippen LogP contribution in [-0.2, 0) is 14.6 Å².